The molecule has 1 aromatic carbocycles. The van der Waals surface area contributed by atoms with Crippen LogP contribution < -0.4 is 15.3 Å². The second-order valence-corrected chi connectivity index (χ2v) is 9.59. The quantitative estimate of drug-likeness (QED) is 0.784. The molecule has 1 aromatic rings. The van der Waals surface area contributed by atoms with Crippen molar-refractivity contribution in [2.75, 3.05) is 39.6 Å². The molecule has 1 atom stereocenters. The zero-order valence-corrected chi connectivity index (χ0v) is 18.0. The summed E-state index contributed by atoms with van der Waals surface area (Å²) in [5.41, 5.74) is 2.75. The van der Waals surface area contributed by atoms with E-state index >= 15 is 0 Å². The zero-order chi connectivity index (χ0) is 19.8. The van der Waals surface area contributed by atoms with Crippen molar-refractivity contribution in [3.63, 3.8) is 0 Å². The Kier molecular flexibility index (Phi) is 5.63. The van der Waals surface area contributed by atoms with Crippen LogP contribution in [0.1, 0.15) is 50.7 Å². The smallest absolute Gasteiger partial charge is 0.151 e. The Morgan fingerprint density at radius 3 is 2.69 bits per heavy atom. The van der Waals surface area contributed by atoms with Crippen LogP contribution in [0.2, 0.25) is 0 Å². The minimum absolute atomic E-state index is 0.494. The molecule has 0 radical (unpaired) electrons. The maximum Gasteiger partial charge on any atom is 0.151 e. The van der Waals surface area contributed by atoms with E-state index < -0.39 is 0 Å². The number of rotatable bonds is 3. The van der Waals surface area contributed by atoms with Gasteiger partial charge in [0, 0.05) is 49.5 Å². The van der Waals surface area contributed by atoms with E-state index in [4.69, 9.17) is 14.5 Å². The van der Waals surface area contributed by atoms with Crippen molar-refractivity contribution in [2.45, 2.75) is 58.7 Å². The van der Waals surface area contributed by atoms with E-state index in [0.717, 1.165) is 63.0 Å². The van der Waals surface area contributed by atoms with Gasteiger partial charge in [0.2, 0.25) is 0 Å². The van der Waals surface area contributed by atoms with E-state index in [1.165, 1.54) is 42.0 Å². The first-order valence-electron chi connectivity index (χ1n) is 11.6. The lowest BCUT2D eigenvalue weighted by molar-refractivity contribution is 0.0314. The average Bonchev–Trinajstić information content (AvgIpc) is 2.75. The summed E-state index contributed by atoms with van der Waals surface area (Å²) in [6, 6.07) is 3.09. The topological polar surface area (TPSA) is 37.3 Å². The van der Waals surface area contributed by atoms with Gasteiger partial charge in [0.25, 0.3) is 0 Å². The Bertz CT molecular complexity index is 854. The molecule has 1 saturated carbocycles. The lowest BCUT2D eigenvalue weighted by Crippen LogP contribution is -2.46. The molecular weight excluding hydrogens is 362 g/mol. The summed E-state index contributed by atoms with van der Waals surface area (Å²) in [5, 5.41) is 2.43. The molecule has 158 valence electrons. The van der Waals surface area contributed by atoms with Gasteiger partial charge in [-0.25, -0.2) is 0 Å². The Hall–Kier alpha value is -1.43. The van der Waals surface area contributed by atoms with E-state index in [0.29, 0.717) is 18.7 Å². The van der Waals surface area contributed by atoms with Crippen LogP contribution in [0.5, 0.6) is 5.75 Å². The van der Waals surface area contributed by atoms with Crippen LogP contribution in [-0.4, -0.2) is 55.4 Å². The van der Waals surface area contributed by atoms with Gasteiger partial charge in [0.15, 0.2) is 5.75 Å². The Labute approximate surface area is 174 Å². The van der Waals surface area contributed by atoms with Crippen molar-refractivity contribution >= 4 is 6.08 Å². The summed E-state index contributed by atoms with van der Waals surface area (Å²) in [7, 11) is 0. The molecular formula is C24H35N3O2. The fourth-order valence-electron chi connectivity index (χ4n) is 5.36. The highest BCUT2D eigenvalue weighted by Crippen LogP contribution is 2.31. The van der Waals surface area contributed by atoms with E-state index in [-0.39, 0.29) is 0 Å². The van der Waals surface area contributed by atoms with Gasteiger partial charge in [-0.2, -0.15) is 0 Å². The fraction of sp³-hybridized carbons (Fsp3) is 0.708. The van der Waals surface area contributed by atoms with Gasteiger partial charge in [0.05, 0.1) is 13.2 Å². The number of hydrogen-bond acceptors (Lipinski definition) is 5. The SMILES string of the molecule is CC1CCC(N2COc3c(cc(CN4CCOCC4)c4c3=NC[C@@H](C)C=4)C2)CC1. The van der Waals surface area contributed by atoms with Crippen LogP contribution in [0, 0.1) is 11.8 Å². The maximum absolute atomic E-state index is 6.37. The molecule has 0 aromatic heterocycles. The lowest BCUT2D eigenvalue weighted by Gasteiger charge is -2.39. The van der Waals surface area contributed by atoms with Crippen molar-refractivity contribution in [2.24, 2.45) is 16.8 Å². The molecule has 3 heterocycles. The zero-order valence-electron chi connectivity index (χ0n) is 18.0. The van der Waals surface area contributed by atoms with Crippen molar-refractivity contribution in [3.8, 4) is 5.75 Å². The standard InChI is InChI=1S/C24H35N3O2/c1-17-3-5-21(6-4-17)27-15-20-12-19(14-26-7-9-28-10-8-26)22-11-18(2)13-25-23(22)24(20)29-16-27/h11-12,17-18,21H,3-10,13-16H2,1-2H3/t17?,18-,21?/m0/s1. The van der Waals surface area contributed by atoms with Gasteiger partial charge in [0.1, 0.15) is 12.1 Å². The molecule has 1 aliphatic carbocycles. The van der Waals surface area contributed by atoms with Gasteiger partial charge in [-0.05, 0) is 49.1 Å². The van der Waals surface area contributed by atoms with Gasteiger partial charge in [-0.3, -0.25) is 14.8 Å². The third kappa shape index (κ3) is 4.10. The summed E-state index contributed by atoms with van der Waals surface area (Å²) in [5.74, 6) is 2.43. The minimum atomic E-state index is 0.494. The number of nitrogens with zero attached hydrogens (tertiary/aromatic N) is 3. The summed E-state index contributed by atoms with van der Waals surface area (Å²) in [4.78, 5) is 10.1. The molecule has 4 aliphatic rings. The molecule has 0 N–H and O–H groups in total. The molecule has 5 heteroatoms. The van der Waals surface area contributed by atoms with Gasteiger partial charge in [-0.15, -0.1) is 0 Å². The lowest BCUT2D eigenvalue weighted by atomic mass is 9.86. The Balaban J connectivity index is 1.46. The molecule has 0 amide bonds. The number of morpholine rings is 1. The Morgan fingerprint density at radius 1 is 1.10 bits per heavy atom. The van der Waals surface area contributed by atoms with Crippen LogP contribution in [0.15, 0.2) is 11.1 Å². The van der Waals surface area contributed by atoms with Gasteiger partial charge in [-0.1, -0.05) is 19.9 Å². The highest BCUT2D eigenvalue weighted by atomic mass is 16.5. The third-order valence-electron chi connectivity index (χ3n) is 7.19. The van der Waals surface area contributed by atoms with Crippen LogP contribution >= 0.6 is 0 Å². The number of fused-ring (bicyclic) bond motifs is 3. The van der Waals surface area contributed by atoms with Gasteiger partial charge < -0.3 is 9.47 Å². The minimum Gasteiger partial charge on any atom is -0.476 e. The summed E-state index contributed by atoms with van der Waals surface area (Å²) >= 11 is 0. The Morgan fingerprint density at radius 2 is 1.90 bits per heavy atom. The number of benzene rings is 1. The van der Waals surface area contributed by atoms with Crippen LogP contribution in [0.3, 0.4) is 0 Å². The molecule has 0 bridgehead atoms. The maximum atomic E-state index is 6.37. The summed E-state index contributed by atoms with van der Waals surface area (Å²) in [6.07, 6.45) is 7.73. The van der Waals surface area contributed by atoms with E-state index in [1.54, 1.807) is 0 Å². The first-order valence-corrected chi connectivity index (χ1v) is 11.6. The van der Waals surface area contributed by atoms with Gasteiger partial charge >= 0.3 is 0 Å². The van der Waals surface area contributed by atoms with Crippen LogP contribution in [-0.2, 0) is 17.8 Å². The second kappa shape index (κ2) is 8.37. The van der Waals surface area contributed by atoms with E-state index in [2.05, 4.69) is 35.8 Å². The molecule has 5 rings (SSSR count). The fourth-order valence-corrected chi connectivity index (χ4v) is 5.36. The largest absolute Gasteiger partial charge is 0.476 e. The molecule has 0 unspecified atom stereocenters. The van der Waals surface area contributed by atoms with Crippen molar-refractivity contribution in [1.82, 2.24) is 9.80 Å². The van der Waals surface area contributed by atoms with Crippen LogP contribution in [0.4, 0.5) is 0 Å². The number of hydrogen-bond donors (Lipinski definition) is 0. The first kappa shape index (κ1) is 19.5. The molecule has 1 saturated heterocycles. The van der Waals surface area contributed by atoms with Crippen molar-refractivity contribution < 1.29 is 9.47 Å². The van der Waals surface area contributed by atoms with E-state index in [9.17, 15) is 0 Å². The molecule has 29 heavy (non-hydrogen) atoms. The number of ether oxygens (including phenoxy) is 2. The molecule has 5 nitrogen and oxygen atoms in total. The molecule has 0 spiro atoms. The second-order valence-electron chi connectivity index (χ2n) is 9.59. The summed E-state index contributed by atoms with van der Waals surface area (Å²) < 4.78 is 11.9. The average molecular weight is 398 g/mol. The van der Waals surface area contributed by atoms with E-state index in [1.807, 2.05) is 0 Å². The van der Waals surface area contributed by atoms with Crippen molar-refractivity contribution in [1.29, 1.82) is 0 Å². The monoisotopic (exact) mass is 397 g/mol. The highest BCUT2D eigenvalue weighted by molar-refractivity contribution is 5.44. The predicted octanol–water partition coefficient (Wildman–Crippen LogP) is 2.30. The van der Waals surface area contributed by atoms with Crippen molar-refractivity contribution in [3.05, 3.63) is 27.8 Å². The summed E-state index contributed by atoms with van der Waals surface area (Å²) in [6.45, 7) is 11.9. The third-order valence-corrected chi connectivity index (χ3v) is 7.19. The first-order chi connectivity index (χ1) is 14.2. The normalized spacial score (nSPS) is 30.5. The highest BCUT2D eigenvalue weighted by Gasteiger charge is 2.29. The molecule has 2 fully saturated rings. The van der Waals surface area contributed by atoms with Crippen LogP contribution in [0.25, 0.3) is 6.08 Å². The molecule has 3 aliphatic heterocycles. The predicted molar refractivity (Wildman–Crippen MR) is 114 cm³/mol.